The number of hydrogen-bond acceptors (Lipinski definition) is 4. The minimum Gasteiger partial charge on any atom is -0.493 e. The SMILES string of the molecule is Cc1oc(-c2ccccc2)nc1CCOc1ccc(/C=C/CO)cc1. The highest BCUT2D eigenvalue weighted by molar-refractivity contribution is 5.53. The van der Waals surface area contributed by atoms with Crippen LogP contribution >= 0.6 is 0 Å². The molecule has 0 saturated carbocycles. The Bertz CT molecular complexity index is 820. The maximum absolute atomic E-state index is 8.78. The summed E-state index contributed by atoms with van der Waals surface area (Å²) in [5.41, 5.74) is 2.92. The molecule has 0 fully saturated rings. The van der Waals surface area contributed by atoms with Crippen LogP contribution in [0.3, 0.4) is 0 Å². The van der Waals surface area contributed by atoms with Gasteiger partial charge in [-0.15, -0.1) is 0 Å². The standard InChI is InChI=1S/C21H21NO3/c1-16-20(22-21(25-16)18-7-3-2-4-8-18)13-15-24-19-11-9-17(10-12-19)6-5-14-23/h2-12,23H,13-15H2,1H3/b6-5+. The lowest BCUT2D eigenvalue weighted by molar-refractivity contribution is 0.320. The van der Waals surface area contributed by atoms with Crippen LogP contribution < -0.4 is 4.74 Å². The number of ether oxygens (including phenoxy) is 1. The second-order valence-corrected chi connectivity index (χ2v) is 5.64. The summed E-state index contributed by atoms with van der Waals surface area (Å²) in [4.78, 5) is 4.58. The zero-order chi connectivity index (χ0) is 17.5. The van der Waals surface area contributed by atoms with E-state index in [9.17, 15) is 0 Å². The Hall–Kier alpha value is -2.85. The number of rotatable bonds is 7. The van der Waals surface area contributed by atoms with Crippen molar-refractivity contribution in [3.8, 4) is 17.2 Å². The van der Waals surface area contributed by atoms with Gasteiger partial charge in [-0.2, -0.15) is 0 Å². The van der Waals surface area contributed by atoms with Crippen LogP contribution in [0.1, 0.15) is 17.0 Å². The molecule has 2 aromatic carbocycles. The zero-order valence-electron chi connectivity index (χ0n) is 14.2. The zero-order valence-corrected chi connectivity index (χ0v) is 14.2. The van der Waals surface area contributed by atoms with Gasteiger partial charge in [0.2, 0.25) is 5.89 Å². The number of aliphatic hydroxyl groups is 1. The second-order valence-electron chi connectivity index (χ2n) is 5.64. The van der Waals surface area contributed by atoms with E-state index in [1.807, 2.05) is 67.6 Å². The summed E-state index contributed by atoms with van der Waals surface area (Å²) in [5, 5.41) is 8.78. The third-order valence-electron chi connectivity index (χ3n) is 3.82. The van der Waals surface area contributed by atoms with Crippen molar-refractivity contribution >= 4 is 6.08 Å². The Balaban J connectivity index is 1.57. The van der Waals surface area contributed by atoms with Gasteiger partial charge >= 0.3 is 0 Å². The Labute approximate surface area is 147 Å². The fraction of sp³-hybridized carbons (Fsp3) is 0.190. The first-order valence-electron chi connectivity index (χ1n) is 8.28. The topological polar surface area (TPSA) is 55.5 Å². The summed E-state index contributed by atoms with van der Waals surface area (Å²) in [5.74, 6) is 2.28. The highest BCUT2D eigenvalue weighted by Gasteiger charge is 2.11. The fourth-order valence-electron chi connectivity index (χ4n) is 2.49. The molecule has 0 radical (unpaired) electrons. The van der Waals surface area contributed by atoms with E-state index in [1.165, 1.54) is 0 Å². The lowest BCUT2D eigenvalue weighted by atomic mass is 10.2. The van der Waals surface area contributed by atoms with Crippen LogP contribution in [0.5, 0.6) is 5.75 Å². The maximum atomic E-state index is 8.78. The van der Waals surface area contributed by atoms with Gasteiger partial charge < -0.3 is 14.3 Å². The molecule has 0 bridgehead atoms. The van der Waals surface area contributed by atoms with Crippen molar-refractivity contribution in [2.75, 3.05) is 13.2 Å². The molecular weight excluding hydrogens is 314 g/mol. The van der Waals surface area contributed by atoms with Crippen LogP contribution in [0.15, 0.2) is 65.1 Å². The molecule has 0 aliphatic heterocycles. The lowest BCUT2D eigenvalue weighted by Gasteiger charge is -2.05. The number of benzene rings is 2. The average molecular weight is 335 g/mol. The van der Waals surface area contributed by atoms with E-state index in [-0.39, 0.29) is 6.61 Å². The first-order valence-corrected chi connectivity index (χ1v) is 8.28. The number of aryl methyl sites for hydroxylation is 1. The minimum atomic E-state index is 0.0419. The minimum absolute atomic E-state index is 0.0419. The Morgan fingerprint density at radius 3 is 2.56 bits per heavy atom. The van der Waals surface area contributed by atoms with Crippen molar-refractivity contribution < 1.29 is 14.3 Å². The summed E-state index contributed by atoms with van der Waals surface area (Å²) >= 11 is 0. The molecular formula is C21H21NO3. The Morgan fingerprint density at radius 1 is 1.08 bits per heavy atom. The fourth-order valence-corrected chi connectivity index (χ4v) is 2.49. The smallest absolute Gasteiger partial charge is 0.226 e. The molecule has 0 atom stereocenters. The molecule has 0 saturated heterocycles. The molecule has 1 heterocycles. The number of aromatic nitrogens is 1. The van der Waals surface area contributed by atoms with Crippen LogP contribution in [-0.4, -0.2) is 23.3 Å². The quantitative estimate of drug-likeness (QED) is 0.700. The van der Waals surface area contributed by atoms with Crippen LogP contribution in [-0.2, 0) is 6.42 Å². The van der Waals surface area contributed by atoms with Crippen molar-refractivity contribution in [3.05, 3.63) is 77.7 Å². The maximum Gasteiger partial charge on any atom is 0.226 e. The molecule has 1 aromatic heterocycles. The predicted molar refractivity (Wildman–Crippen MR) is 98.4 cm³/mol. The van der Waals surface area contributed by atoms with E-state index in [0.29, 0.717) is 18.9 Å². The van der Waals surface area contributed by atoms with E-state index < -0.39 is 0 Å². The summed E-state index contributed by atoms with van der Waals surface area (Å²) in [6, 6.07) is 17.6. The van der Waals surface area contributed by atoms with Crippen LogP contribution in [0.4, 0.5) is 0 Å². The van der Waals surface area contributed by atoms with E-state index in [1.54, 1.807) is 6.08 Å². The Kier molecular flexibility index (Phi) is 5.65. The molecule has 0 aliphatic carbocycles. The third-order valence-corrected chi connectivity index (χ3v) is 3.82. The monoisotopic (exact) mass is 335 g/mol. The molecule has 1 N–H and O–H groups in total. The van der Waals surface area contributed by atoms with Gasteiger partial charge in [0.05, 0.1) is 18.9 Å². The summed E-state index contributed by atoms with van der Waals surface area (Å²) < 4.78 is 11.5. The van der Waals surface area contributed by atoms with Gasteiger partial charge in [-0.3, -0.25) is 0 Å². The molecule has 4 heteroatoms. The molecule has 3 aromatic rings. The Morgan fingerprint density at radius 2 is 1.84 bits per heavy atom. The number of hydrogen-bond donors (Lipinski definition) is 1. The first kappa shape index (κ1) is 17.0. The van der Waals surface area contributed by atoms with Gasteiger partial charge in [0.15, 0.2) is 0 Å². The van der Waals surface area contributed by atoms with Gasteiger partial charge in [0.1, 0.15) is 11.5 Å². The van der Waals surface area contributed by atoms with Crippen molar-refractivity contribution in [2.24, 2.45) is 0 Å². The number of aliphatic hydroxyl groups excluding tert-OH is 1. The van der Waals surface area contributed by atoms with Crippen molar-refractivity contribution in [3.63, 3.8) is 0 Å². The van der Waals surface area contributed by atoms with Crippen molar-refractivity contribution in [1.82, 2.24) is 4.98 Å². The average Bonchev–Trinajstić information content (AvgIpc) is 3.03. The van der Waals surface area contributed by atoms with E-state index in [2.05, 4.69) is 4.98 Å². The largest absolute Gasteiger partial charge is 0.493 e. The lowest BCUT2D eigenvalue weighted by Crippen LogP contribution is -2.02. The van der Waals surface area contributed by atoms with Crippen LogP contribution in [0.25, 0.3) is 17.5 Å². The highest BCUT2D eigenvalue weighted by atomic mass is 16.5. The van der Waals surface area contributed by atoms with Crippen LogP contribution in [0.2, 0.25) is 0 Å². The molecule has 0 aliphatic rings. The first-order chi connectivity index (χ1) is 12.3. The van der Waals surface area contributed by atoms with E-state index in [0.717, 1.165) is 28.3 Å². The van der Waals surface area contributed by atoms with Gasteiger partial charge in [0.25, 0.3) is 0 Å². The third kappa shape index (κ3) is 4.58. The summed E-state index contributed by atoms with van der Waals surface area (Å²) in [7, 11) is 0. The van der Waals surface area contributed by atoms with E-state index in [4.69, 9.17) is 14.3 Å². The van der Waals surface area contributed by atoms with Crippen LogP contribution in [0, 0.1) is 6.92 Å². The van der Waals surface area contributed by atoms with Crippen molar-refractivity contribution in [1.29, 1.82) is 0 Å². The van der Waals surface area contributed by atoms with Gasteiger partial charge in [-0.1, -0.05) is 42.5 Å². The predicted octanol–water partition coefficient (Wildman–Crippen LogP) is 4.28. The van der Waals surface area contributed by atoms with E-state index >= 15 is 0 Å². The molecule has 0 unspecified atom stereocenters. The van der Waals surface area contributed by atoms with Gasteiger partial charge in [0, 0.05) is 12.0 Å². The molecule has 25 heavy (non-hydrogen) atoms. The number of oxazole rings is 1. The van der Waals surface area contributed by atoms with Gasteiger partial charge in [-0.25, -0.2) is 4.98 Å². The molecule has 4 nitrogen and oxygen atoms in total. The normalized spacial score (nSPS) is 11.1. The van der Waals surface area contributed by atoms with Crippen molar-refractivity contribution in [2.45, 2.75) is 13.3 Å². The summed E-state index contributed by atoms with van der Waals surface area (Å²) in [6.45, 7) is 2.50. The highest BCUT2D eigenvalue weighted by Crippen LogP contribution is 2.22. The molecule has 0 spiro atoms. The number of nitrogens with zero attached hydrogens (tertiary/aromatic N) is 1. The second kappa shape index (κ2) is 8.31. The summed E-state index contributed by atoms with van der Waals surface area (Å²) in [6.07, 6.45) is 4.26. The molecule has 0 amide bonds. The molecule has 3 rings (SSSR count). The molecule has 128 valence electrons. The van der Waals surface area contributed by atoms with Gasteiger partial charge in [-0.05, 0) is 36.8 Å².